The highest BCUT2D eigenvalue weighted by atomic mass is 35.5. The molecular weight excluding hydrogens is 696 g/mol. The van der Waals surface area contributed by atoms with Gasteiger partial charge in [-0.3, -0.25) is 9.59 Å². The minimum Gasteiger partial charge on any atom is -0.492 e. The van der Waals surface area contributed by atoms with Crippen LogP contribution in [-0.4, -0.2) is 53.4 Å². The molecule has 5 rings (SSSR count). The van der Waals surface area contributed by atoms with Gasteiger partial charge in [0.2, 0.25) is 0 Å². The van der Waals surface area contributed by atoms with Crippen molar-refractivity contribution in [1.82, 2.24) is 9.78 Å². The van der Waals surface area contributed by atoms with E-state index in [0.717, 1.165) is 18.5 Å². The molecule has 0 saturated carbocycles. The van der Waals surface area contributed by atoms with Gasteiger partial charge in [-0.2, -0.15) is 5.10 Å². The maximum Gasteiger partial charge on any atom is 0.338 e. The van der Waals surface area contributed by atoms with Crippen LogP contribution in [0, 0.1) is 0 Å². The molecule has 1 heterocycles. The Balaban J connectivity index is 1.55. The molecule has 4 aromatic carbocycles. The Morgan fingerprint density at radius 2 is 1.32 bits per heavy atom. The number of anilines is 2. The molecule has 2 amide bonds. The van der Waals surface area contributed by atoms with E-state index >= 15 is 0 Å². The van der Waals surface area contributed by atoms with Gasteiger partial charge >= 0.3 is 11.9 Å². The fourth-order valence-electron chi connectivity index (χ4n) is 5.12. The van der Waals surface area contributed by atoms with Crippen LogP contribution >= 0.6 is 11.6 Å². The van der Waals surface area contributed by atoms with Crippen LogP contribution in [0.4, 0.5) is 11.4 Å². The summed E-state index contributed by atoms with van der Waals surface area (Å²) in [5.74, 6) is -1.92. The van der Waals surface area contributed by atoms with Crippen molar-refractivity contribution in [1.29, 1.82) is 0 Å². The van der Waals surface area contributed by atoms with Gasteiger partial charge in [0.25, 0.3) is 11.8 Å². The number of carbonyl (C=O) groups is 4. The fraction of sp³-hybridized carbons (Fsp3) is 0.195. The van der Waals surface area contributed by atoms with Crippen molar-refractivity contribution in [2.45, 2.75) is 33.6 Å². The van der Waals surface area contributed by atoms with Crippen LogP contribution in [-0.2, 0) is 19.1 Å². The number of carbonyl (C=O) groups excluding carboxylic acids is 4. The van der Waals surface area contributed by atoms with Crippen molar-refractivity contribution >= 4 is 52.8 Å². The first-order valence-electron chi connectivity index (χ1n) is 17.2. The first kappa shape index (κ1) is 38.0. The number of hydrogen-bond acceptors (Lipinski definition) is 8. The maximum absolute atomic E-state index is 14.0. The molecule has 0 aliphatic carbocycles. The van der Waals surface area contributed by atoms with E-state index in [1.807, 2.05) is 36.4 Å². The lowest BCUT2D eigenvalue weighted by Crippen LogP contribution is -2.25. The molecule has 0 aliphatic heterocycles. The Hall–Kier alpha value is -6.20. The zero-order valence-electron chi connectivity index (χ0n) is 29.6. The van der Waals surface area contributed by atoms with E-state index in [1.165, 1.54) is 30.3 Å². The van der Waals surface area contributed by atoms with E-state index in [2.05, 4.69) is 17.6 Å². The lowest BCUT2D eigenvalue weighted by atomic mass is 10.0. The monoisotopic (exact) mass is 734 g/mol. The summed E-state index contributed by atoms with van der Waals surface area (Å²) in [5, 5.41) is 10.7. The number of ether oxygens (including phenoxy) is 3. The molecule has 12 heteroatoms. The van der Waals surface area contributed by atoms with Crippen LogP contribution in [0.5, 0.6) is 5.75 Å². The summed E-state index contributed by atoms with van der Waals surface area (Å²) in [6.45, 7) is 6.46. The van der Waals surface area contributed by atoms with E-state index in [-0.39, 0.29) is 18.8 Å². The number of amides is 2. The molecule has 1 aromatic heterocycles. The van der Waals surface area contributed by atoms with Gasteiger partial charge < -0.3 is 24.8 Å². The quantitative estimate of drug-likeness (QED) is 0.0360. The Kier molecular flexibility index (Phi) is 13.2. The number of aromatic nitrogens is 2. The molecule has 53 heavy (non-hydrogen) atoms. The van der Waals surface area contributed by atoms with E-state index in [1.54, 1.807) is 61.1 Å². The van der Waals surface area contributed by atoms with Gasteiger partial charge in [-0.1, -0.05) is 43.1 Å². The molecule has 0 radical (unpaired) electrons. The van der Waals surface area contributed by atoms with E-state index < -0.39 is 23.8 Å². The SMILES string of the molecule is CCCCOc1ccc(-c2nn(-c3ccccc3)cc2C=C(C(=O)Nc2ccc(C(=O)OCC)cc2)C(=O)Nc2ccc(C(=O)OCC)cc2)cc1Cl. The van der Waals surface area contributed by atoms with Gasteiger partial charge in [-0.15, -0.1) is 0 Å². The number of unbranched alkanes of at least 4 members (excludes halogenated alkanes) is 1. The second-order valence-corrected chi connectivity index (χ2v) is 12.0. The first-order valence-corrected chi connectivity index (χ1v) is 17.5. The molecule has 0 saturated heterocycles. The van der Waals surface area contributed by atoms with Crippen LogP contribution in [0.25, 0.3) is 23.0 Å². The third-order valence-electron chi connectivity index (χ3n) is 7.82. The largest absolute Gasteiger partial charge is 0.492 e. The van der Waals surface area contributed by atoms with Crippen molar-refractivity contribution in [3.8, 4) is 22.7 Å². The van der Waals surface area contributed by atoms with Gasteiger partial charge in [0, 0.05) is 28.7 Å². The predicted octanol–water partition coefficient (Wildman–Crippen LogP) is 8.39. The van der Waals surface area contributed by atoms with E-state index in [4.69, 9.17) is 30.9 Å². The molecular formula is C41H39ClN4O7. The standard InChI is InChI=1S/C41H39ClN4O7/c1-4-7-23-53-36-22-17-29(25-35(36)42)37-30(26-46(45-37)33-11-9-8-10-12-33)24-34(38(47)43-31-18-13-27(14-19-31)40(49)51-5-2)39(48)44-32-20-15-28(16-21-32)41(50)52-6-3/h8-22,24-26H,4-7,23H2,1-3H3,(H,43,47)(H,44,48). The highest BCUT2D eigenvalue weighted by Crippen LogP contribution is 2.33. The summed E-state index contributed by atoms with van der Waals surface area (Å²) in [7, 11) is 0. The van der Waals surface area contributed by atoms with Crippen LogP contribution < -0.4 is 15.4 Å². The predicted molar refractivity (Wildman–Crippen MR) is 204 cm³/mol. The Morgan fingerprint density at radius 1 is 0.755 bits per heavy atom. The van der Waals surface area contributed by atoms with E-state index in [0.29, 0.717) is 56.7 Å². The lowest BCUT2D eigenvalue weighted by molar-refractivity contribution is -0.118. The zero-order valence-corrected chi connectivity index (χ0v) is 30.3. The van der Waals surface area contributed by atoms with Crippen molar-refractivity contribution in [3.63, 3.8) is 0 Å². The normalized spacial score (nSPS) is 10.6. The van der Waals surface area contributed by atoms with Crippen molar-refractivity contribution in [3.05, 3.63) is 131 Å². The maximum atomic E-state index is 14.0. The Bertz CT molecular complexity index is 2020. The zero-order chi connectivity index (χ0) is 37.7. The molecule has 2 N–H and O–H groups in total. The van der Waals surface area contributed by atoms with Crippen LogP contribution in [0.2, 0.25) is 5.02 Å². The minimum absolute atomic E-state index is 0.220. The highest BCUT2D eigenvalue weighted by Gasteiger charge is 2.23. The van der Waals surface area contributed by atoms with Crippen molar-refractivity contribution in [2.75, 3.05) is 30.5 Å². The fourth-order valence-corrected chi connectivity index (χ4v) is 5.35. The molecule has 0 spiro atoms. The molecule has 0 atom stereocenters. The smallest absolute Gasteiger partial charge is 0.338 e. The Labute approximate surface area is 312 Å². The van der Waals surface area contributed by atoms with Gasteiger partial charge in [0.1, 0.15) is 17.0 Å². The average Bonchev–Trinajstić information content (AvgIpc) is 3.59. The number of esters is 2. The first-order chi connectivity index (χ1) is 25.7. The van der Waals surface area contributed by atoms with Gasteiger partial charge in [0.05, 0.1) is 41.7 Å². The lowest BCUT2D eigenvalue weighted by Gasteiger charge is -2.12. The number of halogens is 1. The number of nitrogens with one attached hydrogen (secondary N) is 2. The second kappa shape index (κ2) is 18.3. The molecule has 5 aromatic rings. The second-order valence-electron chi connectivity index (χ2n) is 11.6. The number of hydrogen-bond donors (Lipinski definition) is 2. The minimum atomic E-state index is -0.731. The molecule has 0 unspecified atom stereocenters. The summed E-state index contributed by atoms with van der Waals surface area (Å²) in [6, 6.07) is 26.9. The Morgan fingerprint density at radius 3 is 1.83 bits per heavy atom. The van der Waals surface area contributed by atoms with Gasteiger partial charge in [-0.05, 0) is 105 Å². The topological polar surface area (TPSA) is 138 Å². The van der Waals surface area contributed by atoms with Crippen molar-refractivity contribution in [2.24, 2.45) is 0 Å². The molecule has 0 aliphatic rings. The summed E-state index contributed by atoms with van der Waals surface area (Å²) in [5.41, 5.74) is 3.31. The summed E-state index contributed by atoms with van der Waals surface area (Å²) in [6.07, 6.45) is 5.02. The third-order valence-corrected chi connectivity index (χ3v) is 8.12. The highest BCUT2D eigenvalue weighted by molar-refractivity contribution is 6.32. The molecule has 0 fully saturated rings. The number of para-hydroxylation sites is 1. The van der Waals surface area contributed by atoms with Gasteiger partial charge in [0.15, 0.2) is 0 Å². The van der Waals surface area contributed by atoms with Crippen LogP contribution in [0.1, 0.15) is 59.9 Å². The van der Waals surface area contributed by atoms with E-state index in [9.17, 15) is 19.2 Å². The molecule has 0 bridgehead atoms. The number of nitrogens with zero attached hydrogens (tertiary/aromatic N) is 2. The number of rotatable bonds is 15. The summed E-state index contributed by atoms with van der Waals surface area (Å²) < 4.78 is 17.6. The number of benzene rings is 4. The summed E-state index contributed by atoms with van der Waals surface area (Å²) in [4.78, 5) is 52.3. The van der Waals surface area contributed by atoms with Crippen LogP contribution in [0.15, 0.2) is 109 Å². The van der Waals surface area contributed by atoms with Crippen molar-refractivity contribution < 1.29 is 33.4 Å². The van der Waals surface area contributed by atoms with Crippen LogP contribution in [0.3, 0.4) is 0 Å². The third kappa shape index (κ3) is 9.99. The molecule has 11 nitrogen and oxygen atoms in total. The molecule has 272 valence electrons. The average molecular weight is 735 g/mol. The van der Waals surface area contributed by atoms with Gasteiger partial charge in [-0.25, -0.2) is 14.3 Å². The summed E-state index contributed by atoms with van der Waals surface area (Å²) >= 11 is 6.66.